The predicted molar refractivity (Wildman–Crippen MR) is 127 cm³/mol. The smallest absolute Gasteiger partial charge is 0.408 e. The van der Waals surface area contributed by atoms with Crippen LogP contribution in [0.5, 0.6) is 0 Å². The van der Waals surface area contributed by atoms with Crippen molar-refractivity contribution in [1.82, 2.24) is 5.32 Å². The molecule has 0 aromatic rings. The lowest BCUT2D eigenvalue weighted by molar-refractivity contribution is -0.215. The zero-order chi connectivity index (χ0) is 26.7. The molecular formula is C27H36FNO7. The van der Waals surface area contributed by atoms with Gasteiger partial charge >= 0.3 is 12.1 Å². The SMILES string of the molecule is CCNC(=O)O[C@]1(C(=O)COC(C)=O)[C@@H](C)C[C@H]2[C@@H]3CC=C4CC(=O)C=C[C@]4(C)[C@@]3(F)[C@@H](O)C[C@@]21C. The molecular weight excluding hydrogens is 469 g/mol. The molecule has 4 aliphatic carbocycles. The number of alkyl carbamates (subject to hydrolysis) is 1. The van der Waals surface area contributed by atoms with Crippen LogP contribution in [0.25, 0.3) is 0 Å². The standard InChI is InChI=1S/C27H36FNO7/c1-6-29-23(34)36-27(22(33)14-35-16(3)30)15(2)11-20-19-8-7-17-12-18(31)9-10-24(17,4)26(19,28)21(32)13-25(20,27)5/h7,9-10,15,19-21,32H,6,8,11-14H2,1-5H3,(H,29,34)/t15-,19-,20-,21-,24-,25-,26-,27-/m0/s1. The third kappa shape index (κ3) is 3.41. The van der Waals surface area contributed by atoms with E-state index >= 15 is 4.39 Å². The lowest BCUT2D eigenvalue weighted by Crippen LogP contribution is -2.70. The molecule has 0 heterocycles. The number of carbonyl (C=O) groups is 4. The molecule has 0 aromatic heterocycles. The van der Waals surface area contributed by atoms with Crippen molar-refractivity contribution in [1.29, 1.82) is 0 Å². The minimum Gasteiger partial charge on any atom is -0.458 e. The van der Waals surface area contributed by atoms with Crippen molar-refractivity contribution in [3.05, 3.63) is 23.8 Å². The van der Waals surface area contributed by atoms with E-state index in [0.717, 1.165) is 0 Å². The number of ketones is 2. The maximum Gasteiger partial charge on any atom is 0.408 e. The summed E-state index contributed by atoms with van der Waals surface area (Å²) >= 11 is 0. The molecule has 2 fully saturated rings. The minimum atomic E-state index is -2.07. The molecule has 4 rings (SSSR count). The van der Waals surface area contributed by atoms with E-state index < -0.39 is 70.4 Å². The van der Waals surface area contributed by atoms with E-state index in [1.807, 2.05) is 6.08 Å². The Balaban J connectivity index is 1.82. The Morgan fingerprint density at radius 3 is 2.58 bits per heavy atom. The van der Waals surface area contributed by atoms with Gasteiger partial charge in [0.2, 0.25) is 5.78 Å². The van der Waals surface area contributed by atoms with Crippen molar-refractivity contribution in [3.63, 3.8) is 0 Å². The fourth-order valence-electron chi connectivity index (χ4n) is 7.91. The highest BCUT2D eigenvalue weighted by Gasteiger charge is 2.77. The van der Waals surface area contributed by atoms with Gasteiger partial charge in [0, 0.05) is 42.6 Å². The lowest BCUT2D eigenvalue weighted by atomic mass is 9.45. The number of hydrogen-bond acceptors (Lipinski definition) is 7. The molecule has 0 bridgehead atoms. The molecule has 0 radical (unpaired) electrons. The summed E-state index contributed by atoms with van der Waals surface area (Å²) in [4.78, 5) is 50.0. The highest BCUT2D eigenvalue weighted by atomic mass is 19.1. The summed E-state index contributed by atoms with van der Waals surface area (Å²) in [5.74, 6) is -2.95. The number of ether oxygens (including phenoxy) is 2. The Morgan fingerprint density at radius 2 is 1.94 bits per heavy atom. The predicted octanol–water partition coefficient (Wildman–Crippen LogP) is 3.22. The maximum atomic E-state index is 17.4. The van der Waals surface area contributed by atoms with Crippen molar-refractivity contribution in [3.8, 4) is 0 Å². The first-order valence-corrected chi connectivity index (χ1v) is 12.7. The van der Waals surface area contributed by atoms with Crippen LogP contribution >= 0.6 is 0 Å². The molecule has 198 valence electrons. The van der Waals surface area contributed by atoms with Crippen molar-refractivity contribution in [2.75, 3.05) is 13.2 Å². The van der Waals surface area contributed by atoms with E-state index in [1.54, 1.807) is 33.8 Å². The molecule has 2 saturated carbocycles. The largest absolute Gasteiger partial charge is 0.458 e. The Bertz CT molecular complexity index is 1050. The normalized spacial score (nSPS) is 43.0. The van der Waals surface area contributed by atoms with Gasteiger partial charge in [-0.25, -0.2) is 9.18 Å². The average molecular weight is 506 g/mol. The van der Waals surface area contributed by atoms with Crippen LogP contribution in [0.2, 0.25) is 0 Å². The number of amides is 1. The van der Waals surface area contributed by atoms with Gasteiger partial charge in [-0.3, -0.25) is 14.4 Å². The van der Waals surface area contributed by atoms with Gasteiger partial charge in [-0.05, 0) is 45.1 Å². The summed E-state index contributed by atoms with van der Waals surface area (Å²) in [5, 5.41) is 14.1. The molecule has 2 N–H and O–H groups in total. The molecule has 0 unspecified atom stereocenters. The molecule has 0 aliphatic heterocycles. The highest BCUT2D eigenvalue weighted by molar-refractivity contribution is 5.94. The van der Waals surface area contributed by atoms with Crippen molar-refractivity contribution in [2.45, 2.75) is 77.7 Å². The monoisotopic (exact) mass is 505 g/mol. The number of esters is 1. The molecule has 0 spiro atoms. The van der Waals surface area contributed by atoms with E-state index in [4.69, 9.17) is 9.47 Å². The van der Waals surface area contributed by atoms with Gasteiger partial charge in [-0.15, -0.1) is 0 Å². The number of hydrogen-bond donors (Lipinski definition) is 2. The van der Waals surface area contributed by atoms with Crippen LogP contribution in [0.4, 0.5) is 9.18 Å². The van der Waals surface area contributed by atoms with Crippen LogP contribution in [-0.4, -0.2) is 59.3 Å². The Kier molecular flexibility index (Phi) is 6.47. The number of halogens is 1. The number of carbonyl (C=O) groups excluding carboxylic acids is 4. The van der Waals surface area contributed by atoms with Crippen LogP contribution in [-0.2, 0) is 23.9 Å². The van der Waals surface area contributed by atoms with Gasteiger partial charge in [0.05, 0.1) is 6.10 Å². The molecule has 4 aliphatic rings. The highest BCUT2D eigenvalue weighted by Crippen LogP contribution is 2.71. The fourth-order valence-corrected chi connectivity index (χ4v) is 7.91. The number of aliphatic hydroxyl groups excluding tert-OH is 1. The number of allylic oxidation sites excluding steroid dienone is 4. The van der Waals surface area contributed by atoms with Gasteiger partial charge in [-0.1, -0.05) is 31.6 Å². The molecule has 0 aromatic carbocycles. The summed E-state index contributed by atoms with van der Waals surface area (Å²) in [7, 11) is 0. The van der Waals surface area contributed by atoms with Gasteiger partial charge in [0.1, 0.15) is 0 Å². The first-order valence-electron chi connectivity index (χ1n) is 12.7. The van der Waals surface area contributed by atoms with Crippen LogP contribution in [0, 0.1) is 28.6 Å². The summed E-state index contributed by atoms with van der Waals surface area (Å²) in [6, 6.07) is 0. The molecule has 8 atom stereocenters. The molecule has 1 amide bonds. The molecule has 0 saturated heterocycles. The van der Waals surface area contributed by atoms with Gasteiger partial charge in [-0.2, -0.15) is 0 Å². The van der Waals surface area contributed by atoms with E-state index in [2.05, 4.69) is 5.32 Å². The Hall–Kier alpha value is -2.55. The quantitative estimate of drug-likeness (QED) is 0.435. The minimum absolute atomic E-state index is 0.101. The van der Waals surface area contributed by atoms with E-state index in [1.165, 1.54) is 13.0 Å². The number of rotatable bonds is 5. The fraction of sp³-hybridized carbons (Fsp3) is 0.704. The summed E-state index contributed by atoms with van der Waals surface area (Å²) < 4.78 is 28.3. The van der Waals surface area contributed by atoms with E-state index in [9.17, 15) is 24.3 Å². The molecule has 8 nitrogen and oxygen atoms in total. The number of aliphatic hydroxyl groups is 1. The van der Waals surface area contributed by atoms with Crippen molar-refractivity contribution >= 4 is 23.6 Å². The van der Waals surface area contributed by atoms with Gasteiger partial charge in [0.15, 0.2) is 23.7 Å². The average Bonchev–Trinajstić information content (AvgIpc) is 3.01. The topological polar surface area (TPSA) is 119 Å². The molecule has 9 heteroatoms. The Morgan fingerprint density at radius 1 is 1.25 bits per heavy atom. The van der Waals surface area contributed by atoms with Crippen LogP contribution < -0.4 is 5.32 Å². The summed E-state index contributed by atoms with van der Waals surface area (Å²) in [5.41, 5.74) is -5.42. The van der Waals surface area contributed by atoms with E-state index in [0.29, 0.717) is 18.4 Å². The second kappa shape index (κ2) is 8.78. The van der Waals surface area contributed by atoms with Crippen LogP contribution in [0.1, 0.15) is 60.3 Å². The van der Waals surface area contributed by atoms with Crippen molar-refractivity contribution < 1.29 is 38.1 Å². The third-order valence-electron chi connectivity index (χ3n) is 9.54. The zero-order valence-corrected chi connectivity index (χ0v) is 21.6. The van der Waals surface area contributed by atoms with Crippen molar-refractivity contribution in [2.24, 2.45) is 28.6 Å². The molecule has 36 heavy (non-hydrogen) atoms. The van der Waals surface area contributed by atoms with Crippen LogP contribution in [0.3, 0.4) is 0 Å². The third-order valence-corrected chi connectivity index (χ3v) is 9.54. The Labute approximate surface area is 210 Å². The number of nitrogens with one attached hydrogen (secondary N) is 1. The number of alkyl halides is 1. The summed E-state index contributed by atoms with van der Waals surface area (Å²) in [6.07, 6.45) is 3.24. The second-order valence-electron chi connectivity index (χ2n) is 11.3. The lowest BCUT2D eigenvalue weighted by Gasteiger charge is -2.62. The van der Waals surface area contributed by atoms with Gasteiger partial charge < -0.3 is 19.9 Å². The first kappa shape index (κ1) is 26.5. The maximum absolute atomic E-state index is 17.4. The van der Waals surface area contributed by atoms with Crippen LogP contribution in [0.15, 0.2) is 23.8 Å². The summed E-state index contributed by atoms with van der Waals surface area (Å²) in [6.45, 7) is 7.87. The second-order valence-corrected chi connectivity index (χ2v) is 11.3. The van der Waals surface area contributed by atoms with E-state index in [-0.39, 0.29) is 25.2 Å². The van der Waals surface area contributed by atoms with Gasteiger partial charge in [0.25, 0.3) is 0 Å². The number of fused-ring (bicyclic) bond motifs is 5. The number of Topliss-reactive ketones (excluding diaryl/α,β-unsaturated/α-hetero) is 1. The first-order chi connectivity index (χ1) is 16.8. The zero-order valence-electron chi connectivity index (χ0n) is 21.6.